The van der Waals surface area contributed by atoms with Crippen LogP contribution in [0.1, 0.15) is 48.2 Å². The number of aliphatic carboxylic acids is 1. The maximum absolute atomic E-state index is 12.9. The van der Waals surface area contributed by atoms with Crippen molar-refractivity contribution in [1.82, 2.24) is 0 Å². The van der Waals surface area contributed by atoms with Crippen LogP contribution in [0.4, 0.5) is 5.69 Å². The second-order valence-corrected chi connectivity index (χ2v) is 6.50. The number of amides is 1. The van der Waals surface area contributed by atoms with E-state index in [9.17, 15) is 9.59 Å². The Balaban J connectivity index is 1.88. The Morgan fingerprint density at radius 2 is 1.80 bits per heavy atom. The number of anilines is 1. The van der Waals surface area contributed by atoms with Crippen LogP contribution in [0.2, 0.25) is 0 Å². The van der Waals surface area contributed by atoms with E-state index >= 15 is 0 Å². The number of rotatable bonds is 5. The molecule has 0 saturated carbocycles. The number of carbonyl (C=O) groups is 2. The molecule has 0 bridgehead atoms. The molecule has 0 radical (unpaired) electrons. The number of nitrogens with zero attached hydrogens (tertiary/aromatic N) is 1. The van der Waals surface area contributed by atoms with Crippen LogP contribution < -0.4 is 9.64 Å². The zero-order valence-corrected chi connectivity index (χ0v) is 14.5. The lowest BCUT2D eigenvalue weighted by atomic mass is 10.0. The maximum Gasteiger partial charge on any atom is 0.310 e. The summed E-state index contributed by atoms with van der Waals surface area (Å²) in [5, 5.41) is 9.10. The molecule has 25 heavy (non-hydrogen) atoms. The molecule has 5 nitrogen and oxygen atoms in total. The van der Waals surface area contributed by atoms with Gasteiger partial charge < -0.3 is 14.7 Å². The summed E-state index contributed by atoms with van der Waals surface area (Å²) >= 11 is 0. The smallest absolute Gasteiger partial charge is 0.310 e. The van der Waals surface area contributed by atoms with Gasteiger partial charge in [0.15, 0.2) is 0 Å². The summed E-state index contributed by atoms with van der Waals surface area (Å²) in [5.74, 6) is -0.930. The fraction of sp³-hybridized carbons (Fsp3) is 0.300. The number of benzene rings is 2. The van der Waals surface area contributed by atoms with Gasteiger partial charge in [0.1, 0.15) is 5.75 Å². The Hall–Kier alpha value is -2.82. The molecule has 1 aliphatic rings. The summed E-state index contributed by atoms with van der Waals surface area (Å²) in [7, 11) is 0. The molecule has 0 saturated heterocycles. The molecule has 2 aromatic rings. The highest BCUT2D eigenvalue weighted by molar-refractivity contribution is 6.11. The molecular weight excluding hydrogens is 318 g/mol. The lowest BCUT2D eigenvalue weighted by molar-refractivity contribution is -0.138. The highest BCUT2D eigenvalue weighted by atomic mass is 16.5. The van der Waals surface area contributed by atoms with E-state index in [0.29, 0.717) is 23.4 Å². The van der Waals surface area contributed by atoms with Crippen LogP contribution in [0.5, 0.6) is 5.75 Å². The third-order valence-corrected chi connectivity index (χ3v) is 4.34. The molecule has 0 spiro atoms. The second-order valence-electron chi connectivity index (χ2n) is 6.50. The van der Waals surface area contributed by atoms with E-state index in [0.717, 1.165) is 11.3 Å². The quantitative estimate of drug-likeness (QED) is 0.899. The fourth-order valence-electron chi connectivity index (χ4n) is 2.97. The Labute approximate surface area is 146 Å². The molecule has 1 heterocycles. The van der Waals surface area contributed by atoms with Crippen molar-refractivity contribution in [2.45, 2.75) is 39.3 Å². The summed E-state index contributed by atoms with van der Waals surface area (Å²) in [6.07, 6.45) is -0.00913. The molecule has 1 unspecified atom stereocenters. The summed E-state index contributed by atoms with van der Waals surface area (Å²) in [6.45, 7) is 5.99. The van der Waals surface area contributed by atoms with Crippen molar-refractivity contribution in [2.24, 2.45) is 0 Å². The molecule has 0 aromatic heterocycles. The first kappa shape index (κ1) is 17.0. The Morgan fingerprint density at radius 3 is 2.40 bits per heavy atom. The van der Waals surface area contributed by atoms with Crippen LogP contribution in [0.3, 0.4) is 0 Å². The average molecular weight is 339 g/mol. The maximum atomic E-state index is 12.9. The summed E-state index contributed by atoms with van der Waals surface area (Å²) in [5.41, 5.74) is 3.01. The van der Waals surface area contributed by atoms with Gasteiger partial charge in [0.25, 0.3) is 5.91 Å². The number of hydrogen-bond acceptors (Lipinski definition) is 3. The lowest BCUT2D eigenvalue weighted by Crippen LogP contribution is -2.23. The lowest BCUT2D eigenvalue weighted by Gasteiger charge is -2.17. The van der Waals surface area contributed by atoms with Crippen LogP contribution in [0.25, 0.3) is 0 Å². The molecule has 130 valence electrons. The fourth-order valence-corrected chi connectivity index (χ4v) is 2.97. The number of carboxylic acids is 1. The van der Waals surface area contributed by atoms with Crippen molar-refractivity contribution in [3.63, 3.8) is 0 Å². The highest BCUT2D eigenvalue weighted by Gasteiger charge is 2.32. The highest BCUT2D eigenvalue weighted by Crippen LogP contribution is 2.34. The summed E-state index contributed by atoms with van der Waals surface area (Å²) in [6, 6.07) is 12.7. The van der Waals surface area contributed by atoms with Crippen LogP contribution in [-0.4, -0.2) is 23.1 Å². The van der Waals surface area contributed by atoms with E-state index < -0.39 is 11.9 Å². The van der Waals surface area contributed by atoms with Crippen molar-refractivity contribution in [2.75, 3.05) is 4.90 Å². The van der Waals surface area contributed by atoms with Gasteiger partial charge >= 0.3 is 5.97 Å². The molecule has 0 fully saturated rings. The number of hydrogen-bond donors (Lipinski definition) is 1. The number of carboxylic acid groups (broad SMARTS) is 1. The Morgan fingerprint density at radius 1 is 1.12 bits per heavy atom. The minimum Gasteiger partial charge on any atom is -0.490 e. The number of ether oxygens (including phenoxy) is 1. The van der Waals surface area contributed by atoms with Gasteiger partial charge in [0.2, 0.25) is 0 Å². The normalized spacial score (nSPS) is 14.6. The third-order valence-electron chi connectivity index (χ3n) is 4.34. The molecule has 1 aliphatic heterocycles. The Kier molecular flexibility index (Phi) is 4.49. The minimum absolute atomic E-state index is 0.00913. The van der Waals surface area contributed by atoms with Gasteiger partial charge in [-0.3, -0.25) is 9.59 Å². The zero-order valence-electron chi connectivity index (χ0n) is 14.5. The van der Waals surface area contributed by atoms with Crippen LogP contribution in [-0.2, 0) is 11.3 Å². The van der Waals surface area contributed by atoms with E-state index in [-0.39, 0.29) is 12.0 Å². The van der Waals surface area contributed by atoms with Gasteiger partial charge in [0, 0.05) is 5.69 Å². The van der Waals surface area contributed by atoms with Gasteiger partial charge in [-0.2, -0.15) is 0 Å². The SMILES string of the molecule is CC(C)Oc1cccc2c1C(=O)N(c1ccc(C(C)C(=O)O)cc1)C2. The van der Waals surface area contributed by atoms with Gasteiger partial charge in [-0.15, -0.1) is 0 Å². The van der Waals surface area contributed by atoms with Crippen molar-refractivity contribution in [1.29, 1.82) is 0 Å². The van der Waals surface area contributed by atoms with Crippen LogP contribution >= 0.6 is 0 Å². The first-order chi connectivity index (χ1) is 11.9. The van der Waals surface area contributed by atoms with Gasteiger partial charge in [-0.1, -0.05) is 24.3 Å². The number of fused-ring (bicyclic) bond motifs is 1. The monoisotopic (exact) mass is 339 g/mol. The summed E-state index contributed by atoms with van der Waals surface area (Å²) in [4.78, 5) is 25.7. The molecule has 0 aliphatic carbocycles. The van der Waals surface area contributed by atoms with Gasteiger partial charge in [0.05, 0.1) is 24.1 Å². The Bertz CT molecular complexity index is 811. The molecule has 1 N–H and O–H groups in total. The first-order valence-corrected chi connectivity index (χ1v) is 8.31. The molecule has 1 amide bonds. The van der Waals surface area contributed by atoms with Gasteiger partial charge in [-0.25, -0.2) is 0 Å². The summed E-state index contributed by atoms with van der Waals surface area (Å²) < 4.78 is 5.78. The van der Waals surface area contributed by atoms with E-state index in [1.165, 1.54) is 0 Å². The van der Waals surface area contributed by atoms with Crippen molar-refractivity contribution in [3.05, 3.63) is 59.2 Å². The predicted octanol–water partition coefficient (Wildman–Crippen LogP) is 3.82. The van der Waals surface area contributed by atoms with E-state index in [4.69, 9.17) is 9.84 Å². The zero-order chi connectivity index (χ0) is 18.1. The van der Waals surface area contributed by atoms with Crippen LogP contribution in [0.15, 0.2) is 42.5 Å². The van der Waals surface area contributed by atoms with Crippen molar-refractivity contribution < 1.29 is 19.4 Å². The van der Waals surface area contributed by atoms with E-state index in [1.54, 1.807) is 36.1 Å². The molecule has 2 aromatic carbocycles. The van der Waals surface area contributed by atoms with Gasteiger partial charge in [-0.05, 0) is 50.1 Å². The average Bonchev–Trinajstić information content (AvgIpc) is 2.92. The molecular formula is C20H21NO4. The first-order valence-electron chi connectivity index (χ1n) is 8.31. The standard InChI is InChI=1S/C20H21NO4/c1-12(2)25-17-6-4-5-15-11-21(19(22)18(15)17)16-9-7-14(8-10-16)13(3)20(23)24/h4-10,12-13H,11H2,1-3H3,(H,23,24). The van der Waals surface area contributed by atoms with Crippen LogP contribution in [0, 0.1) is 0 Å². The van der Waals surface area contributed by atoms with E-state index in [2.05, 4.69) is 0 Å². The molecule has 3 rings (SSSR count). The van der Waals surface area contributed by atoms with Crippen molar-refractivity contribution >= 4 is 17.6 Å². The predicted molar refractivity (Wildman–Crippen MR) is 95.2 cm³/mol. The topological polar surface area (TPSA) is 66.8 Å². The molecule has 5 heteroatoms. The van der Waals surface area contributed by atoms with E-state index in [1.807, 2.05) is 32.0 Å². The second kappa shape index (κ2) is 6.59. The largest absolute Gasteiger partial charge is 0.490 e. The minimum atomic E-state index is -0.868. The molecule has 1 atom stereocenters. The number of carbonyl (C=O) groups excluding carboxylic acids is 1. The van der Waals surface area contributed by atoms with Crippen molar-refractivity contribution in [3.8, 4) is 5.75 Å². The third kappa shape index (κ3) is 3.22.